The second kappa shape index (κ2) is 13.7. The van der Waals surface area contributed by atoms with Crippen LogP contribution in [0, 0.1) is 0 Å². The summed E-state index contributed by atoms with van der Waals surface area (Å²) < 4.78 is 14.4. The highest BCUT2D eigenvalue weighted by Crippen LogP contribution is 2.37. The molecule has 0 aliphatic heterocycles. The second-order valence-electron chi connectivity index (χ2n) is 13.0. The van der Waals surface area contributed by atoms with Crippen LogP contribution in [0.5, 0.6) is 0 Å². The van der Waals surface area contributed by atoms with E-state index in [-0.39, 0.29) is 11.1 Å². The monoisotopic (exact) mass is 554 g/mol. The highest BCUT2D eigenvalue weighted by Gasteiger charge is 2.50. The van der Waals surface area contributed by atoms with E-state index in [0.29, 0.717) is 6.61 Å². The van der Waals surface area contributed by atoms with Gasteiger partial charge in [-0.2, -0.15) is 0 Å². The molecule has 0 radical (unpaired) electrons. The van der Waals surface area contributed by atoms with Gasteiger partial charge in [-0.15, -0.1) is 6.58 Å². The van der Waals surface area contributed by atoms with Crippen molar-refractivity contribution in [1.29, 1.82) is 0 Å². The van der Waals surface area contributed by atoms with Crippen molar-refractivity contribution in [3.8, 4) is 0 Å². The van der Waals surface area contributed by atoms with Crippen LogP contribution in [-0.2, 0) is 8.85 Å². The number of benzene rings is 2. The Kier molecular flexibility index (Phi) is 11.8. The quantitative estimate of drug-likeness (QED) is 0.162. The van der Waals surface area contributed by atoms with Gasteiger partial charge in [-0.25, -0.2) is 0 Å². The zero-order valence-corrected chi connectivity index (χ0v) is 28.3. The van der Waals surface area contributed by atoms with Crippen molar-refractivity contribution in [2.45, 2.75) is 109 Å². The van der Waals surface area contributed by atoms with Crippen LogP contribution in [0.3, 0.4) is 0 Å². The van der Waals surface area contributed by atoms with E-state index in [1.54, 1.807) is 0 Å². The van der Waals surface area contributed by atoms with Crippen LogP contribution in [0.15, 0.2) is 72.8 Å². The zero-order chi connectivity index (χ0) is 27.7. The van der Waals surface area contributed by atoms with E-state index in [2.05, 4.69) is 128 Å². The van der Waals surface area contributed by atoms with E-state index in [4.69, 9.17) is 8.85 Å². The van der Waals surface area contributed by atoms with Gasteiger partial charge in [0.05, 0.1) is 6.10 Å². The molecule has 0 fully saturated rings. The van der Waals surface area contributed by atoms with E-state index in [9.17, 15) is 0 Å². The Hall–Kier alpha value is -1.25. The second-order valence-corrected chi connectivity index (χ2v) is 27.5. The van der Waals surface area contributed by atoms with Gasteiger partial charge in [0.2, 0.25) is 0 Å². The molecule has 0 saturated carbocycles. The lowest BCUT2D eigenvalue weighted by molar-refractivity contribution is 0.147. The Bertz CT molecular complexity index is 894. The fraction of sp³-hybridized carbons (Fsp3) is 0.562. The number of hydrogen-bond acceptors (Lipinski definition) is 2. The van der Waals surface area contributed by atoms with Gasteiger partial charge in [0.1, 0.15) is 0 Å². The first kappa shape index (κ1) is 32.0. The molecule has 0 spiro atoms. The molecular formula is C32H54O2Si3. The molecule has 0 unspecified atom stereocenters. The Balaban J connectivity index is 2.39. The molecule has 0 aromatic heterocycles. The zero-order valence-electron chi connectivity index (χ0n) is 25.3. The van der Waals surface area contributed by atoms with E-state index < -0.39 is 24.7 Å². The van der Waals surface area contributed by atoms with Gasteiger partial charge in [-0.3, -0.25) is 0 Å². The fourth-order valence-electron chi connectivity index (χ4n) is 5.81. The van der Waals surface area contributed by atoms with Gasteiger partial charge in [0.25, 0.3) is 8.32 Å². The van der Waals surface area contributed by atoms with Gasteiger partial charge in [-0.05, 0) is 52.4 Å². The maximum absolute atomic E-state index is 7.25. The molecule has 0 heterocycles. The lowest BCUT2D eigenvalue weighted by Gasteiger charge is -2.43. The van der Waals surface area contributed by atoms with Crippen LogP contribution in [0.4, 0.5) is 0 Å². The Morgan fingerprint density at radius 3 is 1.65 bits per heavy atom. The molecule has 0 bridgehead atoms. The molecule has 2 nitrogen and oxygen atoms in total. The Morgan fingerprint density at radius 1 is 0.811 bits per heavy atom. The van der Waals surface area contributed by atoms with E-state index in [1.165, 1.54) is 40.1 Å². The normalized spacial score (nSPS) is 14.0. The van der Waals surface area contributed by atoms with E-state index in [1.807, 2.05) is 0 Å². The summed E-state index contributed by atoms with van der Waals surface area (Å²) in [4.78, 5) is 0. The molecule has 0 aliphatic carbocycles. The maximum atomic E-state index is 7.25. The van der Waals surface area contributed by atoms with Crippen molar-refractivity contribution in [3.63, 3.8) is 0 Å². The summed E-state index contributed by atoms with van der Waals surface area (Å²) in [6, 6.07) is 26.6. The highest BCUT2D eigenvalue weighted by atomic mass is 28.4. The van der Waals surface area contributed by atoms with Crippen LogP contribution in [0.1, 0.15) is 54.4 Å². The molecule has 1 atom stereocenters. The average molecular weight is 555 g/mol. The van der Waals surface area contributed by atoms with Crippen molar-refractivity contribution in [2.24, 2.45) is 0 Å². The van der Waals surface area contributed by atoms with Crippen LogP contribution in [0.2, 0.25) is 48.9 Å². The van der Waals surface area contributed by atoms with E-state index in [0.717, 1.165) is 12.8 Å². The topological polar surface area (TPSA) is 18.5 Å². The maximum Gasteiger partial charge on any atom is 0.261 e. The molecular weight excluding hydrogens is 501 g/mol. The minimum Gasteiger partial charge on any atom is -0.414 e. The molecule has 0 aliphatic rings. The van der Waals surface area contributed by atoms with Crippen molar-refractivity contribution >= 4 is 35.1 Å². The van der Waals surface area contributed by atoms with E-state index >= 15 is 0 Å². The van der Waals surface area contributed by atoms with Crippen molar-refractivity contribution in [2.75, 3.05) is 6.61 Å². The third kappa shape index (κ3) is 8.62. The van der Waals surface area contributed by atoms with Crippen LogP contribution in [0.25, 0.3) is 0 Å². The summed E-state index contributed by atoms with van der Waals surface area (Å²) in [5.41, 5.74) is 1.36. The third-order valence-corrected chi connectivity index (χ3v) is 19.1. The Morgan fingerprint density at radius 2 is 1.27 bits per heavy atom. The molecule has 2 aromatic rings. The SMILES string of the molecule is C=C(C[C@H](CCO[Si](c1ccccc1)(c1ccccc1)C(C)(C)C)O[Si](CC)(CC)CC)C[Si](C)(C)C. The predicted octanol–water partition coefficient (Wildman–Crippen LogP) is 8.63. The third-order valence-electron chi connectivity index (χ3n) is 7.82. The van der Waals surface area contributed by atoms with Crippen LogP contribution in [-0.4, -0.2) is 37.4 Å². The standard InChI is InChI=1S/C32H54O2Si3/c1-11-36(12-2,13-3)34-29(26-28(4)27-35(8,9)10)24-25-33-37(32(5,6)7,30-20-16-14-17-21-30)31-22-18-15-19-23-31/h14-23,29H,4,11-13,24-27H2,1-3,5-10H3/t29-/m0/s1. The number of rotatable bonds is 15. The molecule has 2 rings (SSSR count). The summed E-state index contributed by atoms with van der Waals surface area (Å²) in [5, 5.41) is 2.67. The molecule has 0 amide bonds. The summed E-state index contributed by atoms with van der Waals surface area (Å²) >= 11 is 0. The molecule has 5 heteroatoms. The van der Waals surface area contributed by atoms with Gasteiger partial charge < -0.3 is 8.85 Å². The van der Waals surface area contributed by atoms with Crippen LogP contribution < -0.4 is 10.4 Å². The van der Waals surface area contributed by atoms with Crippen molar-refractivity contribution < 1.29 is 8.85 Å². The minimum absolute atomic E-state index is 0.0117. The molecule has 0 N–H and O–H groups in total. The summed E-state index contributed by atoms with van der Waals surface area (Å²) in [5.74, 6) is 0. The van der Waals surface area contributed by atoms with Gasteiger partial charge >= 0.3 is 0 Å². The summed E-state index contributed by atoms with van der Waals surface area (Å²) in [7, 11) is -5.49. The predicted molar refractivity (Wildman–Crippen MR) is 172 cm³/mol. The number of hydrogen-bond donors (Lipinski definition) is 0. The molecule has 206 valence electrons. The fourth-order valence-corrected chi connectivity index (χ4v) is 14.9. The molecule has 2 aromatic carbocycles. The van der Waals surface area contributed by atoms with Gasteiger partial charge in [0, 0.05) is 14.7 Å². The lowest BCUT2D eigenvalue weighted by Crippen LogP contribution is -2.66. The summed E-state index contributed by atoms with van der Waals surface area (Å²) in [6.45, 7) is 26.6. The first-order valence-corrected chi connectivity index (χ1v) is 22.6. The largest absolute Gasteiger partial charge is 0.414 e. The minimum atomic E-state index is -2.54. The highest BCUT2D eigenvalue weighted by molar-refractivity contribution is 6.99. The smallest absolute Gasteiger partial charge is 0.261 e. The summed E-state index contributed by atoms with van der Waals surface area (Å²) in [6.07, 6.45) is 2.07. The molecule has 37 heavy (non-hydrogen) atoms. The van der Waals surface area contributed by atoms with Crippen molar-refractivity contribution in [1.82, 2.24) is 0 Å². The lowest BCUT2D eigenvalue weighted by atomic mass is 10.1. The Labute approximate surface area is 232 Å². The first-order valence-electron chi connectivity index (χ1n) is 14.4. The first-order chi connectivity index (χ1) is 17.3. The molecule has 0 saturated heterocycles. The van der Waals surface area contributed by atoms with Crippen LogP contribution >= 0.6 is 0 Å². The van der Waals surface area contributed by atoms with Gasteiger partial charge in [-0.1, -0.05) is 127 Å². The average Bonchev–Trinajstić information content (AvgIpc) is 2.84. The van der Waals surface area contributed by atoms with Gasteiger partial charge in [0.15, 0.2) is 8.32 Å². The van der Waals surface area contributed by atoms with Crippen molar-refractivity contribution in [3.05, 3.63) is 72.8 Å².